The standard InChI is InChI=1S/C13H24N2O5/c1-5-20-10-6-9(11(10)19-4)14-13(18)15(3)7-8(2)12(16)17/h8-11H,5-7H2,1-4H3,(H,14,18)(H,16,17). The molecule has 1 aliphatic rings. The van der Waals surface area contributed by atoms with Crippen molar-refractivity contribution in [2.75, 3.05) is 27.3 Å². The molecule has 116 valence electrons. The van der Waals surface area contributed by atoms with E-state index in [9.17, 15) is 9.59 Å². The van der Waals surface area contributed by atoms with Gasteiger partial charge < -0.3 is 24.8 Å². The van der Waals surface area contributed by atoms with Gasteiger partial charge >= 0.3 is 12.0 Å². The number of rotatable bonds is 7. The van der Waals surface area contributed by atoms with Gasteiger partial charge in [0.2, 0.25) is 0 Å². The van der Waals surface area contributed by atoms with E-state index in [1.165, 1.54) is 4.90 Å². The fraction of sp³-hybridized carbons (Fsp3) is 0.846. The fourth-order valence-electron chi connectivity index (χ4n) is 2.26. The second-order valence-corrected chi connectivity index (χ2v) is 5.11. The number of nitrogens with zero attached hydrogens (tertiary/aromatic N) is 1. The molecule has 4 atom stereocenters. The summed E-state index contributed by atoms with van der Waals surface area (Å²) in [6, 6.07) is -0.383. The zero-order chi connectivity index (χ0) is 15.3. The van der Waals surface area contributed by atoms with E-state index in [2.05, 4.69) is 5.32 Å². The summed E-state index contributed by atoms with van der Waals surface area (Å²) in [4.78, 5) is 24.1. The zero-order valence-electron chi connectivity index (χ0n) is 12.5. The van der Waals surface area contributed by atoms with Crippen LogP contribution in [0.15, 0.2) is 0 Å². The molecular formula is C13H24N2O5. The molecule has 1 aliphatic carbocycles. The van der Waals surface area contributed by atoms with E-state index >= 15 is 0 Å². The Morgan fingerprint density at radius 3 is 2.65 bits per heavy atom. The number of urea groups is 1. The molecule has 0 aliphatic heterocycles. The largest absolute Gasteiger partial charge is 0.481 e. The van der Waals surface area contributed by atoms with Crippen LogP contribution in [0.25, 0.3) is 0 Å². The Bertz CT molecular complexity index is 350. The molecule has 0 aromatic carbocycles. The predicted molar refractivity (Wildman–Crippen MR) is 72.6 cm³/mol. The van der Waals surface area contributed by atoms with Crippen molar-refractivity contribution in [1.29, 1.82) is 0 Å². The molecule has 0 aromatic heterocycles. The third-order valence-electron chi connectivity index (χ3n) is 3.53. The zero-order valence-corrected chi connectivity index (χ0v) is 12.5. The molecule has 1 rings (SSSR count). The number of amides is 2. The average molecular weight is 288 g/mol. The third-order valence-corrected chi connectivity index (χ3v) is 3.53. The summed E-state index contributed by atoms with van der Waals surface area (Å²) in [5, 5.41) is 11.7. The molecule has 0 aromatic rings. The first-order valence-corrected chi connectivity index (χ1v) is 6.79. The van der Waals surface area contributed by atoms with Crippen LogP contribution >= 0.6 is 0 Å². The van der Waals surface area contributed by atoms with Crippen molar-refractivity contribution in [3.8, 4) is 0 Å². The van der Waals surface area contributed by atoms with Crippen molar-refractivity contribution in [1.82, 2.24) is 10.2 Å². The monoisotopic (exact) mass is 288 g/mol. The van der Waals surface area contributed by atoms with Gasteiger partial charge in [0.1, 0.15) is 6.10 Å². The smallest absolute Gasteiger partial charge is 0.317 e. The molecule has 4 unspecified atom stereocenters. The number of carbonyl (C=O) groups is 2. The second-order valence-electron chi connectivity index (χ2n) is 5.11. The lowest BCUT2D eigenvalue weighted by Crippen LogP contribution is -2.62. The molecule has 1 saturated carbocycles. The number of carboxylic acid groups (broad SMARTS) is 1. The minimum absolute atomic E-state index is 0.0125. The van der Waals surface area contributed by atoms with Gasteiger partial charge in [0.25, 0.3) is 0 Å². The van der Waals surface area contributed by atoms with Crippen LogP contribution in [0.4, 0.5) is 4.79 Å². The molecule has 0 bridgehead atoms. The van der Waals surface area contributed by atoms with Crippen LogP contribution in [0.5, 0.6) is 0 Å². The Morgan fingerprint density at radius 2 is 2.15 bits per heavy atom. The Morgan fingerprint density at radius 1 is 1.50 bits per heavy atom. The number of hydrogen-bond donors (Lipinski definition) is 2. The molecule has 0 radical (unpaired) electrons. The minimum atomic E-state index is -0.917. The number of methoxy groups -OCH3 is 1. The number of ether oxygens (including phenoxy) is 2. The van der Waals surface area contributed by atoms with Crippen molar-refractivity contribution in [3.63, 3.8) is 0 Å². The first-order chi connectivity index (χ1) is 9.40. The number of aliphatic carboxylic acids is 1. The summed E-state index contributed by atoms with van der Waals surface area (Å²) < 4.78 is 10.8. The van der Waals surface area contributed by atoms with Crippen molar-refractivity contribution in [3.05, 3.63) is 0 Å². The van der Waals surface area contributed by atoms with E-state index in [0.717, 1.165) is 0 Å². The van der Waals surface area contributed by atoms with Crippen molar-refractivity contribution < 1.29 is 24.2 Å². The van der Waals surface area contributed by atoms with Gasteiger partial charge in [-0.1, -0.05) is 6.92 Å². The SMILES string of the molecule is CCOC1CC(NC(=O)N(C)CC(C)C(=O)O)C1OC. The van der Waals surface area contributed by atoms with E-state index in [1.54, 1.807) is 21.1 Å². The van der Waals surface area contributed by atoms with Crippen LogP contribution in [0.1, 0.15) is 20.3 Å². The van der Waals surface area contributed by atoms with Crippen molar-refractivity contribution in [2.45, 2.75) is 38.5 Å². The molecule has 0 spiro atoms. The maximum absolute atomic E-state index is 12.0. The van der Waals surface area contributed by atoms with E-state index in [-0.39, 0.29) is 30.8 Å². The Balaban J connectivity index is 2.41. The number of carboxylic acids is 1. The highest BCUT2D eigenvalue weighted by Gasteiger charge is 2.43. The molecule has 0 heterocycles. The van der Waals surface area contributed by atoms with Crippen molar-refractivity contribution in [2.24, 2.45) is 5.92 Å². The van der Waals surface area contributed by atoms with Crippen LogP contribution in [-0.4, -0.2) is 67.6 Å². The lowest BCUT2D eigenvalue weighted by atomic mass is 9.85. The van der Waals surface area contributed by atoms with Gasteiger partial charge in [-0.05, 0) is 13.3 Å². The molecule has 7 nitrogen and oxygen atoms in total. The summed E-state index contributed by atoms with van der Waals surface area (Å²) in [6.07, 6.45) is 0.572. The van der Waals surface area contributed by atoms with Gasteiger partial charge in [0.15, 0.2) is 0 Å². The molecular weight excluding hydrogens is 264 g/mol. The third kappa shape index (κ3) is 4.08. The normalized spacial score (nSPS) is 26.5. The molecule has 7 heteroatoms. The van der Waals surface area contributed by atoms with Gasteiger partial charge in [0.05, 0.1) is 18.1 Å². The Kier molecular flexibility index (Phi) is 6.22. The lowest BCUT2D eigenvalue weighted by Gasteiger charge is -2.43. The highest BCUT2D eigenvalue weighted by atomic mass is 16.5. The van der Waals surface area contributed by atoms with E-state index in [1.807, 2.05) is 6.92 Å². The first-order valence-electron chi connectivity index (χ1n) is 6.79. The molecule has 0 saturated heterocycles. The van der Waals surface area contributed by atoms with Crippen LogP contribution in [0.2, 0.25) is 0 Å². The van der Waals surface area contributed by atoms with E-state index in [4.69, 9.17) is 14.6 Å². The van der Waals surface area contributed by atoms with E-state index < -0.39 is 11.9 Å². The Labute approximate surface area is 119 Å². The molecule has 2 N–H and O–H groups in total. The Hall–Kier alpha value is -1.34. The summed E-state index contributed by atoms with van der Waals surface area (Å²) in [5.74, 6) is -1.51. The highest BCUT2D eigenvalue weighted by Crippen LogP contribution is 2.27. The van der Waals surface area contributed by atoms with Crippen LogP contribution in [-0.2, 0) is 14.3 Å². The van der Waals surface area contributed by atoms with Gasteiger partial charge in [-0.25, -0.2) is 4.79 Å². The van der Waals surface area contributed by atoms with Gasteiger partial charge in [-0.15, -0.1) is 0 Å². The summed E-state index contributed by atoms with van der Waals surface area (Å²) in [7, 11) is 3.17. The summed E-state index contributed by atoms with van der Waals surface area (Å²) >= 11 is 0. The highest BCUT2D eigenvalue weighted by molar-refractivity contribution is 5.76. The van der Waals surface area contributed by atoms with Crippen molar-refractivity contribution >= 4 is 12.0 Å². The fourth-order valence-corrected chi connectivity index (χ4v) is 2.26. The molecule has 20 heavy (non-hydrogen) atoms. The number of hydrogen-bond acceptors (Lipinski definition) is 4. The van der Waals surface area contributed by atoms with Crippen LogP contribution in [0.3, 0.4) is 0 Å². The first kappa shape index (κ1) is 16.7. The van der Waals surface area contributed by atoms with Crippen LogP contribution < -0.4 is 5.32 Å². The molecule has 1 fully saturated rings. The maximum atomic E-state index is 12.0. The average Bonchev–Trinajstić information content (AvgIpc) is 2.37. The quantitative estimate of drug-likeness (QED) is 0.714. The summed E-state index contributed by atoms with van der Waals surface area (Å²) in [6.45, 7) is 4.26. The molecule has 2 amide bonds. The predicted octanol–water partition coefficient (Wildman–Crippen LogP) is 0.541. The summed E-state index contributed by atoms with van der Waals surface area (Å²) in [5.41, 5.74) is 0. The van der Waals surface area contributed by atoms with E-state index in [0.29, 0.717) is 13.0 Å². The van der Waals surface area contributed by atoms with Gasteiger partial charge in [0, 0.05) is 27.3 Å². The van der Waals surface area contributed by atoms with Crippen LogP contribution in [0, 0.1) is 5.92 Å². The number of nitrogens with one attached hydrogen (secondary N) is 1. The lowest BCUT2D eigenvalue weighted by molar-refractivity contribution is -0.141. The van der Waals surface area contributed by atoms with Gasteiger partial charge in [-0.2, -0.15) is 0 Å². The maximum Gasteiger partial charge on any atom is 0.317 e. The van der Waals surface area contributed by atoms with Gasteiger partial charge in [-0.3, -0.25) is 4.79 Å². The topological polar surface area (TPSA) is 88.1 Å². The second kappa shape index (κ2) is 7.44. The minimum Gasteiger partial charge on any atom is -0.481 e. The number of carbonyl (C=O) groups excluding carboxylic acids is 1.